The normalized spacial score (nSPS) is 30.7. The maximum absolute atomic E-state index is 12.8. The molecule has 0 aromatic heterocycles. The van der Waals surface area contributed by atoms with Crippen LogP contribution in [0.5, 0.6) is 0 Å². The van der Waals surface area contributed by atoms with Gasteiger partial charge in [0.05, 0.1) is 6.54 Å². The Labute approximate surface area is 175 Å². The molecule has 4 rings (SSSR count). The molecule has 1 amide bonds. The van der Waals surface area contributed by atoms with Crippen LogP contribution in [-0.4, -0.2) is 42.3 Å². The van der Waals surface area contributed by atoms with Crippen LogP contribution in [0, 0.1) is 23.7 Å². The van der Waals surface area contributed by atoms with Crippen LogP contribution in [-0.2, 0) is 16.0 Å². The molecule has 1 saturated heterocycles. The number of Topliss-reactive ketones (excluding diaryl/α,β-unsaturated/α-hetero) is 1. The van der Waals surface area contributed by atoms with E-state index < -0.39 is 0 Å². The number of hydrogen-bond acceptors (Lipinski definition) is 3. The Hall–Kier alpha value is -1.68. The van der Waals surface area contributed by atoms with Crippen LogP contribution in [0.4, 0.5) is 0 Å². The molecule has 4 atom stereocenters. The Morgan fingerprint density at radius 3 is 2.48 bits per heavy atom. The maximum atomic E-state index is 12.8. The fraction of sp³-hybridized carbons (Fsp3) is 0.680. The minimum Gasteiger partial charge on any atom is -0.351 e. The van der Waals surface area contributed by atoms with Crippen molar-refractivity contribution in [3.8, 4) is 0 Å². The number of likely N-dealkylation sites (tertiary alicyclic amines) is 1. The van der Waals surface area contributed by atoms with Gasteiger partial charge < -0.3 is 5.32 Å². The minimum absolute atomic E-state index is 0.0312. The molecule has 1 aliphatic heterocycles. The molecular formula is C25H36N2O2. The molecule has 1 aromatic carbocycles. The molecular weight excluding hydrogens is 360 g/mol. The Balaban J connectivity index is 1.26. The second-order valence-electron chi connectivity index (χ2n) is 9.66. The lowest BCUT2D eigenvalue weighted by molar-refractivity contribution is -0.125. The molecule has 1 aromatic rings. The summed E-state index contributed by atoms with van der Waals surface area (Å²) in [6.45, 7) is 4.19. The van der Waals surface area contributed by atoms with Gasteiger partial charge in [-0.3, -0.25) is 14.5 Å². The van der Waals surface area contributed by atoms with Crippen LogP contribution in [0.2, 0.25) is 0 Å². The third-order valence-corrected chi connectivity index (χ3v) is 7.71. The van der Waals surface area contributed by atoms with E-state index in [4.69, 9.17) is 0 Å². The standard InChI is InChI=1S/C25H36N2O2/c1-18(28)23-16-21-9-5-6-10-22(21)25(23)26-24(29)17-27-13-11-20(12-14-27)15-19-7-3-2-4-8-19/h2-4,7-8,20-23,25H,5-6,9-17H2,1H3,(H,26,29). The molecule has 0 spiro atoms. The lowest BCUT2D eigenvalue weighted by Gasteiger charge is -2.33. The summed E-state index contributed by atoms with van der Waals surface area (Å²) in [7, 11) is 0. The SMILES string of the molecule is CC(=O)C1CC2CCCCC2C1NC(=O)CN1CCC(Cc2ccccc2)CC1. The molecule has 3 aliphatic rings. The highest BCUT2D eigenvalue weighted by Crippen LogP contribution is 2.45. The van der Waals surface area contributed by atoms with Crippen LogP contribution in [0.3, 0.4) is 0 Å². The summed E-state index contributed by atoms with van der Waals surface area (Å²) in [5.74, 6) is 2.27. The first-order valence-corrected chi connectivity index (χ1v) is 11.7. The fourth-order valence-corrected chi connectivity index (χ4v) is 6.13. The van der Waals surface area contributed by atoms with Crippen molar-refractivity contribution in [2.75, 3.05) is 19.6 Å². The van der Waals surface area contributed by atoms with E-state index in [0.717, 1.165) is 44.7 Å². The van der Waals surface area contributed by atoms with Crippen LogP contribution in [0.25, 0.3) is 0 Å². The van der Waals surface area contributed by atoms with Crippen molar-refractivity contribution in [1.82, 2.24) is 10.2 Å². The van der Waals surface area contributed by atoms with E-state index in [0.29, 0.717) is 18.4 Å². The second kappa shape index (κ2) is 9.42. The molecule has 2 aliphatic carbocycles. The van der Waals surface area contributed by atoms with Gasteiger partial charge in [0.1, 0.15) is 5.78 Å². The molecule has 4 nitrogen and oxygen atoms in total. The van der Waals surface area contributed by atoms with Gasteiger partial charge in [0.2, 0.25) is 5.91 Å². The third-order valence-electron chi connectivity index (χ3n) is 7.71. The van der Waals surface area contributed by atoms with Crippen molar-refractivity contribution in [1.29, 1.82) is 0 Å². The maximum Gasteiger partial charge on any atom is 0.234 e. The topological polar surface area (TPSA) is 49.4 Å². The Kier molecular flexibility index (Phi) is 6.69. The molecule has 0 radical (unpaired) electrons. The van der Waals surface area contributed by atoms with Crippen LogP contribution in [0.15, 0.2) is 30.3 Å². The van der Waals surface area contributed by atoms with Crippen LogP contribution < -0.4 is 5.32 Å². The number of amides is 1. The zero-order valence-electron chi connectivity index (χ0n) is 17.8. The molecule has 158 valence electrons. The van der Waals surface area contributed by atoms with Gasteiger partial charge in [0.25, 0.3) is 0 Å². The number of rotatable bonds is 6. The highest BCUT2D eigenvalue weighted by Gasteiger charge is 2.46. The molecule has 1 N–H and O–H groups in total. The monoisotopic (exact) mass is 396 g/mol. The summed E-state index contributed by atoms with van der Waals surface area (Å²) in [5, 5.41) is 3.31. The van der Waals surface area contributed by atoms with Crippen molar-refractivity contribution in [2.45, 2.75) is 64.3 Å². The molecule has 29 heavy (non-hydrogen) atoms. The number of carbonyl (C=O) groups excluding carboxylic acids is 2. The first-order chi connectivity index (χ1) is 14.1. The predicted octanol–water partition coefficient (Wildman–Crippen LogP) is 3.84. The van der Waals surface area contributed by atoms with E-state index in [2.05, 4.69) is 40.5 Å². The summed E-state index contributed by atoms with van der Waals surface area (Å²) in [5.41, 5.74) is 1.42. The molecule has 2 saturated carbocycles. The number of hydrogen-bond donors (Lipinski definition) is 1. The zero-order chi connectivity index (χ0) is 20.2. The van der Waals surface area contributed by atoms with E-state index in [1.54, 1.807) is 6.92 Å². The summed E-state index contributed by atoms with van der Waals surface area (Å²) in [4.78, 5) is 27.3. The number of benzene rings is 1. The fourth-order valence-electron chi connectivity index (χ4n) is 6.13. The number of nitrogens with zero attached hydrogens (tertiary/aromatic N) is 1. The van der Waals surface area contributed by atoms with Crippen molar-refractivity contribution >= 4 is 11.7 Å². The highest BCUT2D eigenvalue weighted by atomic mass is 16.2. The summed E-state index contributed by atoms with van der Waals surface area (Å²) in [6, 6.07) is 10.8. The Bertz CT molecular complexity index is 696. The molecule has 0 bridgehead atoms. The minimum atomic E-state index is 0.0312. The first-order valence-electron chi connectivity index (χ1n) is 11.7. The van der Waals surface area contributed by atoms with E-state index in [1.165, 1.54) is 31.2 Å². The van der Waals surface area contributed by atoms with E-state index in [-0.39, 0.29) is 23.7 Å². The molecule has 4 unspecified atom stereocenters. The largest absolute Gasteiger partial charge is 0.351 e. The molecule has 3 fully saturated rings. The van der Waals surface area contributed by atoms with E-state index in [9.17, 15) is 9.59 Å². The zero-order valence-corrected chi connectivity index (χ0v) is 17.8. The predicted molar refractivity (Wildman–Crippen MR) is 115 cm³/mol. The number of piperidine rings is 1. The van der Waals surface area contributed by atoms with Gasteiger partial charge >= 0.3 is 0 Å². The van der Waals surface area contributed by atoms with Crippen molar-refractivity contribution in [3.63, 3.8) is 0 Å². The van der Waals surface area contributed by atoms with Crippen LogP contribution in [0.1, 0.15) is 57.4 Å². The summed E-state index contributed by atoms with van der Waals surface area (Å²) >= 11 is 0. The van der Waals surface area contributed by atoms with Gasteiger partial charge in [-0.1, -0.05) is 49.6 Å². The average Bonchev–Trinajstić information content (AvgIpc) is 3.09. The van der Waals surface area contributed by atoms with Gasteiger partial charge in [-0.05, 0) is 75.4 Å². The Morgan fingerprint density at radius 2 is 1.76 bits per heavy atom. The number of fused-ring (bicyclic) bond motifs is 1. The summed E-state index contributed by atoms with van der Waals surface area (Å²) in [6.07, 6.45) is 9.37. The van der Waals surface area contributed by atoms with E-state index >= 15 is 0 Å². The molecule has 1 heterocycles. The lowest BCUT2D eigenvalue weighted by atomic mass is 9.80. The number of carbonyl (C=O) groups is 2. The second-order valence-corrected chi connectivity index (χ2v) is 9.66. The van der Waals surface area contributed by atoms with Gasteiger partial charge in [0.15, 0.2) is 0 Å². The van der Waals surface area contributed by atoms with Gasteiger partial charge in [-0.15, -0.1) is 0 Å². The average molecular weight is 397 g/mol. The van der Waals surface area contributed by atoms with Crippen molar-refractivity contribution < 1.29 is 9.59 Å². The molecule has 4 heteroatoms. The lowest BCUT2D eigenvalue weighted by Crippen LogP contribution is -2.49. The van der Waals surface area contributed by atoms with Crippen molar-refractivity contribution in [2.24, 2.45) is 23.7 Å². The smallest absolute Gasteiger partial charge is 0.234 e. The first kappa shape index (κ1) is 20.6. The number of ketones is 1. The van der Waals surface area contributed by atoms with Crippen LogP contribution >= 0.6 is 0 Å². The van der Waals surface area contributed by atoms with Gasteiger partial charge in [-0.2, -0.15) is 0 Å². The van der Waals surface area contributed by atoms with E-state index in [1.807, 2.05) is 0 Å². The highest BCUT2D eigenvalue weighted by molar-refractivity contribution is 5.82. The Morgan fingerprint density at radius 1 is 1.03 bits per heavy atom. The van der Waals surface area contributed by atoms with Crippen molar-refractivity contribution in [3.05, 3.63) is 35.9 Å². The van der Waals surface area contributed by atoms with Gasteiger partial charge in [-0.25, -0.2) is 0 Å². The quantitative estimate of drug-likeness (QED) is 0.795. The summed E-state index contributed by atoms with van der Waals surface area (Å²) < 4.78 is 0. The van der Waals surface area contributed by atoms with Gasteiger partial charge in [0, 0.05) is 12.0 Å². The number of nitrogens with one attached hydrogen (secondary N) is 1. The third kappa shape index (κ3) is 5.09.